The third kappa shape index (κ3) is 5.37. The summed E-state index contributed by atoms with van der Waals surface area (Å²) in [6.45, 7) is 3.77. The first-order valence-corrected chi connectivity index (χ1v) is 7.08. The molecule has 0 bridgehead atoms. The second-order valence-corrected chi connectivity index (χ2v) is 5.35. The first kappa shape index (κ1) is 14.1. The molecule has 0 N–H and O–H groups in total. The van der Waals surface area contributed by atoms with Gasteiger partial charge in [0.05, 0.1) is 6.61 Å². The van der Waals surface area contributed by atoms with Crippen molar-refractivity contribution >= 4 is 28.6 Å². The first-order chi connectivity index (χ1) is 7.74. The molecule has 0 aliphatic carbocycles. The number of hydrogen-bond donors (Lipinski definition) is 1. The zero-order chi connectivity index (χ0) is 11.8. The summed E-state index contributed by atoms with van der Waals surface area (Å²) >= 11 is 7.74. The van der Waals surface area contributed by atoms with Crippen LogP contribution in [0.25, 0.3) is 0 Å². The van der Waals surface area contributed by atoms with Crippen molar-refractivity contribution in [1.82, 2.24) is 0 Å². The third-order valence-electron chi connectivity index (χ3n) is 2.59. The fraction of sp³-hybridized carbons (Fsp3) is 0.538. The summed E-state index contributed by atoms with van der Waals surface area (Å²) < 4.78 is 6.79. The Morgan fingerprint density at radius 1 is 1.31 bits per heavy atom. The number of halogens is 1. The molecule has 90 valence electrons. The SMILES string of the molecule is CC(CCS)CCOCc1ccccc1Br. The molecule has 1 aromatic carbocycles. The lowest BCUT2D eigenvalue weighted by Crippen LogP contribution is -2.03. The Kier molecular flexibility index (Phi) is 7.17. The van der Waals surface area contributed by atoms with E-state index in [0.717, 1.165) is 23.3 Å². The Morgan fingerprint density at radius 3 is 2.75 bits per heavy atom. The lowest BCUT2D eigenvalue weighted by atomic mass is 10.1. The Balaban J connectivity index is 2.19. The highest BCUT2D eigenvalue weighted by Gasteiger charge is 2.02. The molecule has 3 heteroatoms. The van der Waals surface area contributed by atoms with Gasteiger partial charge in [-0.15, -0.1) is 0 Å². The van der Waals surface area contributed by atoms with Gasteiger partial charge in [0.25, 0.3) is 0 Å². The molecule has 0 heterocycles. The number of hydrogen-bond acceptors (Lipinski definition) is 2. The zero-order valence-electron chi connectivity index (χ0n) is 9.66. The van der Waals surface area contributed by atoms with E-state index in [-0.39, 0.29) is 0 Å². The van der Waals surface area contributed by atoms with Gasteiger partial charge in [0.2, 0.25) is 0 Å². The molecule has 1 nitrogen and oxygen atoms in total. The molecular weight excluding hydrogens is 284 g/mol. The first-order valence-electron chi connectivity index (χ1n) is 5.66. The van der Waals surface area contributed by atoms with Crippen LogP contribution in [0, 0.1) is 5.92 Å². The minimum atomic E-state index is 0.690. The lowest BCUT2D eigenvalue weighted by Gasteiger charge is -2.10. The van der Waals surface area contributed by atoms with Crippen molar-refractivity contribution in [1.29, 1.82) is 0 Å². The van der Waals surface area contributed by atoms with E-state index in [1.54, 1.807) is 0 Å². The number of rotatable bonds is 7. The van der Waals surface area contributed by atoms with Gasteiger partial charge < -0.3 is 4.74 Å². The van der Waals surface area contributed by atoms with Crippen LogP contribution in [0.15, 0.2) is 28.7 Å². The van der Waals surface area contributed by atoms with Crippen molar-refractivity contribution in [2.24, 2.45) is 5.92 Å². The molecule has 0 spiro atoms. The molecule has 0 saturated heterocycles. The van der Waals surface area contributed by atoms with Gasteiger partial charge in [-0.25, -0.2) is 0 Å². The molecule has 0 saturated carbocycles. The largest absolute Gasteiger partial charge is 0.377 e. The number of thiol groups is 1. The van der Waals surface area contributed by atoms with Crippen molar-refractivity contribution < 1.29 is 4.74 Å². The summed E-state index contributed by atoms with van der Waals surface area (Å²) in [4.78, 5) is 0. The summed E-state index contributed by atoms with van der Waals surface area (Å²) in [6.07, 6.45) is 2.28. The van der Waals surface area contributed by atoms with Crippen LogP contribution in [0.5, 0.6) is 0 Å². The van der Waals surface area contributed by atoms with Crippen molar-refractivity contribution in [3.05, 3.63) is 34.3 Å². The van der Waals surface area contributed by atoms with Crippen molar-refractivity contribution in [3.8, 4) is 0 Å². The fourth-order valence-electron chi connectivity index (χ4n) is 1.45. The third-order valence-corrected chi connectivity index (χ3v) is 3.62. The predicted octanol–water partition coefficient (Wildman–Crippen LogP) is 4.31. The van der Waals surface area contributed by atoms with Crippen LogP contribution < -0.4 is 0 Å². The molecular formula is C13H19BrOS. The maximum Gasteiger partial charge on any atom is 0.0727 e. The topological polar surface area (TPSA) is 9.23 Å². The van der Waals surface area contributed by atoms with Crippen LogP contribution in [-0.4, -0.2) is 12.4 Å². The molecule has 16 heavy (non-hydrogen) atoms. The van der Waals surface area contributed by atoms with E-state index in [2.05, 4.69) is 41.5 Å². The van der Waals surface area contributed by atoms with Crippen LogP contribution in [0.3, 0.4) is 0 Å². The number of benzene rings is 1. The monoisotopic (exact) mass is 302 g/mol. The average molecular weight is 303 g/mol. The fourth-order valence-corrected chi connectivity index (χ4v) is 2.29. The Bertz CT molecular complexity index is 304. The van der Waals surface area contributed by atoms with Crippen LogP contribution in [0.1, 0.15) is 25.3 Å². The zero-order valence-corrected chi connectivity index (χ0v) is 12.1. The predicted molar refractivity (Wildman–Crippen MR) is 76.0 cm³/mol. The quantitative estimate of drug-likeness (QED) is 0.583. The molecule has 1 rings (SSSR count). The second-order valence-electron chi connectivity index (χ2n) is 4.05. The van der Waals surface area contributed by atoms with Gasteiger partial charge in [-0.1, -0.05) is 41.1 Å². The highest BCUT2D eigenvalue weighted by atomic mass is 79.9. The van der Waals surface area contributed by atoms with Crippen molar-refractivity contribution in [3.63, 3.8) is 0 Å². The standard InChI is InChI=1S/C13H19BrOS/c1-11(7-9-16)6-8-15-10-12-4-2-3-5-13(12)14/h2-5,11,16H,6-10H2,1H3. The Labute approximate surface area is 112 Å². The van der Waals surface area contributed by atoms with Crippen LogP contribution >= 0.6 is 28.6 Å². The van der Waals surface area contributed by atoms with Crippen LogP contribution in [0.2, 0.25) is 0 Å². The van der Waals surface area contributed by atoms with Gasteiger partial charge in [-0.2, -0.15) is 12.6 Å². The number of ether oxygens (including phenoxy) is 1. The van der Waals surface area contributed by atoms with E-state index in [1.807, 2.05) is 18.2 Å². The molecule has 0 radical (unpaired) electrons. The Hall–Kier alpha value is 0.01000. The molecule has 0 aliphatic rings. The van der Waals surface area contributed by atoms with Crippen LogP contribution in [-0.2, 0) is 11.3 Å². The molecule has 1 aromatic rings. The maximum atomic E-state index is 5.66. The van der Waals surface area contributed by atoms with E-state index in [9.17, 15) is 0 Å². The van der Waals surface area contributed by atoms with E-state index in [1.165, 1.54) is 12.0 Å². The average Bonchev–Trinajstić information content (AvgIpc) is 2.27. The van der Waals surface area contributed by atoms with Gasteiger partial charge in [0.15, 0.2) is 0 Å². The minimum Gasteiger partial charge on any atom is -0.377 e. The maximum absolute atomic E-state index is 5.66. The summed E-state index contributed by atoms with van der Waals surface area (Å²) in [5, 5.41) is 0. The molecule has 0 aliphatic heterocycles. The summed E-state index contributed by atoms with van der Waals surface area (Å²) in [5.41, 5.74) is 1.21. The normalized spacial score (nSPS) is 12.7. The van der Waals surface area contributed by atoms with Crippen molar-refractivity contribution in [2.75, 3.05) is 12.4 Å². The van der Waals surface area contributed by atoms with Crippen LogP contribution in [0.4, 0.5) is 0 Å². The van der Waals surface area contributed by atoms with E-state index in [4.69, 9.17) is 4.74 Å². The molecule has 0 fully saturated rings. The van der Waals surface area contributed by atoms with Gasteiger partial charge in [-0.3, -0.25) is 0 Å². The smallest absolute Gasteiger partial charge is 0.0727 e. The Morgan fingerprint density at radius 2 is 2.06 bits per heavy atom. The van der Waals surface area contributed by atoms with Gasteiger partial charge >= 0.3 is 0 Å². The van der Waals surface area contributed by atoms with E-state index >= 15 is 0 Å². The lowest BCUT2D eigenvalue weighted by molar-refractivity contribution is 0.108. The van der Waals surface area contributed by atoms with Gasteiger partial charge in [0.1, 0.15) is 0 Å². The highest BCUT2D eigenvalue weighted by molar-refractivity contribution is 9.10. The molecule has 0 aromatic heterocycles. The van der Waals surface area contributed by atoms with Crippen molar-refractivity contribution in [2.45, 2.75) is 26.4 Å². The molecule has 1 unspecified atom stereocenters. The summed E-state index contributed by atoms with van der Waals surface area (Å²) in [6, 6.07) is 8.18. The second kappa shape index (κ2) is 8.15. The molecule has 0 amide bonds. The van der Waals surface area contributed by atoms with Gasteiger partial charge in [-0.05, 0) is 36.1 Å². The van der Waals surface area contributed by atoms with E-state index in [0.29, 0.717) is 12.5 Å². The van der Waals surface area contributed by atoms with E-state index < -0.39 is 0 Å². The molecule has 1 atom stereocenters. The summed E-state index contributed by atoms with van der Waals surface area (Å²) in [7, 11) is 0. The highest BCUT2D eigenvalue weighted by Crippen LogP contribution is 2.17. The minimum absolute atomic E-state index is 0.690. The summed E-state index contributed by atoms with van der Waals surface area (Å²) in [5.74, 6) is 1.67. The van der Waals surface area contributed by atoms with Gasteiger partial charge in [0, 0.05) is 11.1 Å².